The molecule has 112 valence electrons. The Morgan fingerprint density at radius 3 is 2.52 bits per heavy atom. The first-order valence-electron chi connectivity index (χ1n) is 6.70. The molecule has 0 aliphatic carbocycles. The van der Waals surface area contributed by atoms with Crippen LogP contribution in [-0.4, -0.2) is 24.9 Å². The highest BCUT2D eigenvalue weighted by molar-refractivity contribution is 7.89. The van der Waals surface area contributed by atoms with Crippen LogP contribution in [0.15, 0.2) is 47.8 Å². The maximum Gasteiger partial charge on any atom is 0.240 e. The lowest BCUT2D eigenvalue weighted by molar-refractivity contribution is 0.581. The third-order valence-electron chi connectivity index (χ3n) is 2.82. The van der Waals surface area contributed by atoms with E-state index in [2.05, 4.69) is 20.0 Å². The summed E-state index contributed by atoms with van der Waals surface area (Å²) in [6.07, 6.45) is 3.93. The molecule has 7 heteroatoms. The van der Waals surface area contributed by atoms with Gasteiger partial charge in [-0.05, 0) is 36.8 Å². The lowest BCUT2D eigenvalue weighted by atomic mass is 10.3. The van der Waals surface area contributed by atoms with Crippen molar-refractivity contribution < 1.29 is 8.42 Å². The molecule has 0 fully saturated rings. The van der Waals surface area contributed by atoms with E-state index in [1.165, 1.54) is 6.33 Å². The monoisotopic (exact) mass is 306 g/mol. The van der Waals surface area contributed by atoms with Crippen LogP contribution in [0, 0.1) is 0 Å². The second kappa shape index (κ2) is 7.14. The molecule has 1 aromatic carbocycles. The topological polar surface area (TPSA) is 84.0 Å². The minimum Gasteiger partial charge on any atom is -0.379 e. The highest BCUT2D eigenvalue weighted by atomic mass is 32.2. The molecule has 1 aromatic heterocycles. The van der Waals surface area contributed by atoms with E-state index in [0.717, 1.165) is 17.8 Å². The summed E-state index contributed by atoms with van der Waals surface area (Å²) in [4.78, 5) is 8.22. The molecule has 0 saturated heterocycles. The Morgan fingerprint density at radius 2 is 1.90 bits per heavy atom. The summed E-state index contributed by atoms with van der Waals surface area (Å²) in [6, 6.07) is 8.46. The molecular weight excluding hydrogens is 288 g/mol. The van der Waals surface area contributed by atoms with Gasteiger partial charge in [0.1, 0.15) is 6.33 Å². The molecule has 0 amide bonds. The van der Waals surface area contributed by atoms with Gasteiger partial charge in [-0.1, -0.05) is 6.92 Å². The lowest BCUT2D eigenvalue weighted by Gasteiger charge is -2.08. The molecular formula is C14H18N4O2S. The van der Waals surface area contributed by atoms with Crippen molar-refractivity contribution in [2.75, 3.05) is 11.9 Å². The van der Waals surface area contributed by atoms with Crippen molar-refractivity contribution in [1.29, 1.82) is 0 Å². The molecule has 0 atom stereocenters. The summed E-state index contributed by atoms with van der Waals surface area (Å²) in [5, 5.41) is 3.18. The molecule has 21 heavy (non-hydrogen) atoms. The van der Waals surface area contributed by atoms with Crippen LogP contribution in [0.4, 0.5) is 5.69 Å². The molecule has 0 unspecified atom stereocenters. The van der Waals surface area contributed by atoms with Gasteiger partial charge in [-0.2, -0.15) is 0 Å². The van der Waals surface area contributed by atoms with Crippen molar-refractivity contribution in [3.05, 3.63) is 48.5 Å². The molecule has 0 spiro atoms. The SMILES string of the molecule is CCCNS(=O)(=O)c1ccc(NCc2ccncn2)cc1. The summed E-state index contributed by atoms with van der Waals surface area (Å²) in [5.74, 6) is 0. The molecule has 2 N–H and O–H groups in total. The smallest absolute Gasteiger partial charge is 0.240 e. The zero-order chi connectivity index (χ0) is 15.1. The number of rotatable bonds is 7. The number of hydrogen-bond donors (Lipinski definition) is 2. The van der Waals surface area contributed by atoms with Gasteiger partial charge in [0.15, 0.2) is 0 Å². The van der Waals surface area contributed by atoms with Crippen LogP contribution in [0.25, 0.3) is 0 Å². The minimum absolute atomic E-state index is 0.267. The van der Waals surface area contributed by atoms with Gasteiger partial charge in [-0.3, -0.25) is 0 Å². The molecule has 6 nitrogen and oxygen atoms in total. The van der Waals surface area contributed by atoms with E-state index in [4.69, 9.17) is 0 Å². The average Bonchev–Trinajstić information content (AvgIpc) is 2.52. The Hall–Kier alpha value is -1.99. The first-order chi connectivity index (χ1) is 10.1. The van der Waals surface area contributed by atoms with Crippen molar-refractivity contribution in [2.24, 2.45) is 0 Å². The Balaban J connectivity index is 1.99. The standard InChI is InChI=1S/C14H18N4O2S/c1-2-8-18-21(19,20)14-5-3-12(4-6-14)16-10-13-7-9-15-11-17-13/h3-7,9,11,16,18H,2,8,10H2,1H3. The van der Waals surface area contributed by atoms with Gasteiger partial charge in [0, 0.05) is 18.4 Å². The van der Waals surface area contributed by atoms with Gasteiger partial charge < -0.3 is 5.32 Å². The molecule has 0 aliphatic heterocycles. The normalized spacial score (nSPS) is 11.3. The van der Waals surface area contributed by atoms with Crippen molar-refractivity contribution >= 4 is 15.7 Å². The molecule has 2 aromatic rings. The van der Waals surface area contributed by atoms with E-state index in [-0.39, 0.29) is 4.90 Å². The van der Waals surface area contributed by atoms with Gasteiger partial charge in [0.2, 0.25) is 10.0 Å². The number of sulfonamides is 1. The number of nitrogens with one attached hydrogen (secondary N) is 2. The van der Waals surface area contributed by atoms with Crippen LogP contribution >= 0.6 is 0 Å². The van der Waals surface area contributed by atoms with Gasteiger partial charge in [-0.25, -0.2) is 23.1 Å². The number of nitrogens with zero attached hydrogens (tertiary/aromatic N) is 2. The summed E-state index contributed by atoms with van der Waals surface area (Å²) in [6.45, 7) is 2.92. The highest BCUT2D eigenvalue weighted by Crippen LogP contribution is 2.14. The number of hydrogen-bond acceptors (Lipinski definition) is 5. The number of benzene rings is 1. The first-order valence-corrected chi connectivity index (χ1v) is 8.18. The first kappa shape index (κ1) is 15.4. The zero-order valence-electron chi connectivity index (χ0n) is 11.8. The van der Waals surface area contributed by atoms with Gasteiger partial charge in [0.05, 0.1) is 17.1 Å². The van der Waals surface area contributed by atoms with E-state index in [9.17, 15) is 8.42 Å². The van der Waals surface area contributed by atoms with Gasteiger partial charge in [0.25, 0.3) is 0 Å². The van der Waals surface area contributed by atoms with Crippen LogP contribution in [-0.2, 0) is 16.6 Å². The molecule has 1 heterocycles. The van der Waals surface area contributed by atoms with E-state index >= 15 is 0 Å². The second-order valence-corrected chi connectivity index (χ2v) is 6.24. The fraction of sp³-hybridized carbons (Fsp3) is 0.286. The number of anilines is 1. The second-order valence-electron chi connectivity index (χ2n) is 4.48. The summed E-state index contributed by atoms with van der Waals surface area (Å²) >= 11 is 0. The van der Waals surface area contributed by atoms with Crippen LogP contribution in [0.5, 0.6) is 0 Å². The van der Waals surface area contributed by atoms with Crippen molar-refractivity contribution in [3.8, 4) is 0 Å². The van der Waals surface area contributed by atoms with Crippen LogP contribution < -0.4 is 10.0 Å². The third kappa shape index (κ3) is 4.51. The predicted octanol–water partition coefficient (Wildman–Crippen LogP) is 1.78. The van der Waals surface area contributed by atoms with Crippen molar-refractivity contribution in [1.82, 2.24) is 14.7 Å². The zero-order valence-corrected chi connectivity index (χ0v) is 12.6. The third-order valence-corrected chi connectivity index (χ3v) is 4.30. The van der Waals surface area contributed by atoms with E-state index in [1.54, 1.807) is 30.5 Å². The summed E-state index contributed by atoms with van der Waals surface area (Å²) in [5.41, 5.74) is 1.70. The van der Waals surface area contributed by atoms with E-state index in [1.807, 2.05) is 13.0 Å². The Labute approximate surface area is 124 Å². The summed E-state index contributed by atoms with van der Waals surface area (Å²) in [7, 11) is -3.40. The Kier molecular flexibility index (Phi) is 5.24. The highest BCUT2D eigenvalue weighted by Gasteiger charge is 2.12. The fourth-order valence-electron chi connectivity index (χ4n) is 1.69. The minimum atomic E-state index is -3.40. The van der Waals surface area contributed by atoms with E-state index < -0.39 is 10.0 Å². The Bertz CT molecular complexity index is 657. The van der Waals surface area contributed by atoms with Crippen molar-refractivity contribution in [2.45, 2.75) is 24.8 Å². The van der Waals surface area contributed by atoms with Crippen LogP contribution in [0.1, 0.15) is 19.0 Å². The van der Waals surface area contributed by atoms with E-state index in [0.29, 0.717) is 13.1 Å². The molecule has 0 saturated carbocycles. The maximum absolute atomic E-state index is 11.9. The molecule has 0 bridgehead atoms. The van der Waals surface area contributed by atoms with Crippen molar-refractivity contribution in [3.63, 3.8) is 0 Å². The summed E-state index contributed by atoms with van der Waals surface area (Å²) < 4.78 is 26.4. The predicted molar refractivity (Wildman–Crippen MR) is 81.3 cm³/mol. The largest absolute Gasteiger partial charge is 0.379 e. The van der Waals surface area contributed by atoms with Crippen LogP contribution in [0.2, 0.25) is 0 Å². The number of aromatic nitrogens is 2. The van der Waals surface area contributed by atoms with Gasteiger partial charge in [-0.15, -0.1) is 0 Å². The fourth-order valence-corrected chi connectivity index (χ4v) is 2.82. The average molecular weight is 306 g/mol. The van der Waals surface area contributed by atoms with Gasteiger partial charge >= 0.3 is 0 Å². The lowest BCUT2D eigenvalue weighted by Crippen LogP contribution is -2.24. The quantitative estimate of drug-likeness (QED) is 0.814. The Morgan fingerprint density at radius 1 is 1.14 bits per heavy atom. The molecule has 2 rings (SSSR count). The maximum atomic E-state index is 11.9. The molecule has 0 aliphatic rings. The molecule has 0 radical (unpaired) electrons. The van der Waals surface area contributed by atoms with Crippen LogP contribution in [0.3, 0.4) is 0 Å².